The molecule has 0 unspecified atom stereocenters. The zero-order valence-corrected chi connectivity index (χ0v) is 12.6. The van der Waals surface area contributed by atoms with Crippen LogP contribution in [0.3, 0.4) is 0 Å². The SMILES string of the molecule is CC(C)(C)c1cc2c(N(CCN)CC(F)F)nccn2n1. The molecule has 0 aliphatic heterocycles. The summed E-state index contributed by atoms with van der Waals surface area (Å²) >= 11 is 0. The zero-order chi connectivity index (χ0) is 15.6. The van der Waals surface area contributed by atoms with Crippen molar-refractivity contribution in [2.24, 2.45) is 5.73 Å². The van der Waals surface area contributed by atoms with E-state index in [2.05, 4.69) is 30.9 Å². The van der Waals surface area contributed by atoms with Gasteiger partial charge in [-0.3, -0.25) is 0 Å². The van der Waals surface area contributed by atoms with Gasteiger partial charge in [-0.15, -0.1) is 0 Å². The number of anilines is 1. The van der Waals surface area contributed by atoms with Crippen LogP contribution in [0.15, 0.2) is 18.5 Å². The molecule has 0 saturated heterocycles. The average Bonchev–Trinajstić information content (AvgIpc) is 2.81. The summed E-state index contributed by atoms with van der Waals surface area (Å²) in [6, 6.07) is 1.90. The van der Waals surface area contributed by atoms with E-state index in [1.807, 2.05) is 6.07 Å². The van der Waals surface area contributed by atoms with Crippen molar-refractivity contribution in [1.82, 2.24) is 14.6 Å². The standard InChI is InChI=1S/C14H21F2N5/c1-14(2,3)11-8-10-13(18-5-7-21(10)19-11)20(6-4-17)9-12(15)16/h5,7-8,12H,4,6,9,17H2,1-3H3. The van der Waals surface area contributed by atoms with E-state index in [1.165, 1.54) is 4.90 Å². The highest BCUT2D eigenvalue weighted by Gasteiger charge is 2.21. The first-order valence-electron chi connectivity index (χ1n) is 6.91. The number of hydrogen-bond acceptors (Lipinski definition) is 4. The quantitative estimate of drug-likeness (QED) is 0.917. The van der Waals surface area contributed by atoms with Crippen molar-refractivity contribution in [3.63, 3.8) is 0 Å². The van der Waals surface area contributed by atoms with Gasteiger partial charge >= 0.3 is 0 Å². The molecule has 0 aromatic carbocycles. The first-order valence-corrected chi connectivity index (χ1v) is 6.91. The monoisotopic (exact) mass is 297 g/mol. The molecule has 0 spiro atoms. The number of alkyl halides is 2. The number of nitrogens with two attached hydrogens (primary N) is 1. The molecule has 116 valence electrons. The molecule has 21 heavy (non-hydrogen) atoms. The van der Waals surface area contributed by atoms with Crippen molar-refractivity contribution in [3.8, 4) is 0 Å². The van der Waals surface area contributed by atoms with Gasteiger partial charge < -0.3 is 10.6 Å². The largest absolute Gasteiger partial charge is 0.348 e. The normalized spacial score (nSPS) is 12.3. The Bertz CT molecular complexity index is 603. The Morgan fingerprint density at radius 2 is 2.10 bits per heavy atom. The molecule has 5 nitrogen and oxygen atoms in total. The molecular weight excluding hydrogens is 276 g/mol. The Hall–Kier alpha value is -1.76. The Morgan fingerprint density at radius 1 is 1.38 bits per heavy atom. The highest BCUT2D eigenvalue weighted by molar-refractivity contribution is 5.69. The fourth-order valence-corrected chi connectivity index (χ4v) is 2.12. The minimum atomic E-state index is -2.44. The lowest BCUT2D eigenvalue weighted by Crippen LogP contribution is -2.34. The van der Waals surface area contributed by atoms with Crippen LogP contribution in [-0.2, 0) is 5.41 Å². The first-order chi connectivity index (χ1) is 9.82. The van der Waals surface area contributed by atoms with Gasteiger partial charge in [-0.2, -0.15) is 5.10 Å². The maximum absolute atomic E-state index is 12.8. The number of rotatable bonds is 5. The fourth-order valence-electron chi connectivity index (χ4n) is 2.12. The zero-order valence-electron chi connectivity index (χ0n) is 12.6. The highest BCUT2D eigenvalue weighted by Crippen LogP contribution is 2.26. The molecule has 0 amide bonds. The third-order valence-corrected chi connectivity index (χ3v) is 3.19. The van der Waals surface area contributed by atoms with E-state index < -0.39 is 6.43 Å². The van der Waals surface area contributed by atoms with Crippen LogP contribution in [0.4, 0.5) is 14.6 Å². The number of hydrogen-bond donors (Lipinski definition) is 1. The Morgan fingerprint density at radius 3 is 2.67 bits per heavy atom. The van der Waals surface area contributed by atoms with Gasteiger partial charge in [0.15, 0.2) is 5.82 Å². The molecule has 0 atom stereocenters. The van der Waals surface area contributed by atoms with Crippen LogP contribution in [0.25, 0.3) is 5.52 Å². The molecular formula is C14H21F2N5. The summed E-state index contributed by atoms with van der Waals surface area (Å²) in [6.07, 6.45) is 0.844. The molecule has 0 saturated carbocycles. The van der Waals surface area contributed by atoms with Crippen LogP contribution in [0.2, 0.25) is 0 Å². The fraction of sp³-hybridized carbons (Fsp3) is 0.571. The summed E-state index contributed by atoms with van der Waals surface area (Å²) in [4.78, 5) is 5.76. The molecule has 2 N–H and O–H groups in total. The van der Waals surface area contributed by atoms with Crippen LogP contribution in [0, 0.1) is 0 Å². The van der Waals surface area contributed by atoms with E-state index in [1.54, 1.807) is 16.9 Å². The molecule has 0 aliphatic rings. The third kappa shape index (κ3) is 3.47. The molecule has 2 aromatic heterocycles. The molecule has 0 radical (unpaired) electrons. The first kappa shape index (κ1) is 15.6. The van der Waals surface area contributed by atoms with Crippen molar-refractivity contribution in [2.75, 3.05) is 24.5 Å². The van der Waals surface area contributed by atoms with Gasteiger partial charge in [-0.25, -0.2) is 18.3 Å². The van der Waals surface area contributed by atoms with Crippen LogP contribution in [-0.4, -0.2) is 40.7 Å². The van der Waals surface area contributed by atoms with Gasteiger partial charge in [-0.05, 0) is 6.07 Å². The number of nitrogens with zero attached hydrogens (tertiary/aromatic N) is 4. The van der Waals surface area contributed by atoms with Gasteiger partial charge in [-0.1, -0.05) is 20.8 Å². The van der Waals surface area contributed by atoms with Crippen molar-refractivity contribution >= 4 is 11.3 Å². The van der Waals surface area contributed by atoms with E-state index in [-0.39, 0.29) is 18.5 Å². The van der Waals surface area contributed by atoms with Crippen LogP contribution in [0.5, 0.6) is 0 Å². The topological polar surface area (TPSA) is 59.5 Å². The summed E-state index contributed by atoms with van der Waals surface area (Å²) < 4.78 is 27.2. The minimum Gasteiger partial charge on any atom is -0.348 e. The van der Waals surface area contributed by atoms with Crippen molar-refractivity contribution in [3.05, 3.63) is 24.2 Å². The lowest BCUT2D eigenvalue weighted by molar-refractivity contribution is 0.155. The summed E-state index contributed by atoms with van der Waals surface area (Å²) in [5, 5.41) is 4.50. The predicted octanol–water partition coefficient (Wildman–Crippen LogP) is 2.06. The lowest BCUT2D eigenvalue weighted by atomic mass is 9.92. The highest BCUT2D eigenvalue weighted by atomic mass is 19.3. The maximum atomic E-state index is 12.8. The minimum absolute atomic E-state index is 0.120. The second-order valence-electron chi connectivity index (χ2n) is 5.99. The van der Waals surface area contributed by atoms with E-state index in [0.717, 1.165) is 11.2 Å². The molecule has 0 bridgehead atoms. The number of fused-ring (bicyclic) bond motifs is 1. The molecule has 2 heterocycles. The molecule has 2 rings (SSSR count). The summed E-state index contributed by atoms with van der Waals surface area (Å²) in [5.41, 5.74) is 7.01. The van der Waals surface area contributed by atoms with E-state index in [4.69, 9.17) is 5.73 Å². The van der Waals surface area contributed by atoms with Crippen molar-refractivity contribution < 1.29 is 8.78 Å². The van der Waals surface area contributed by atoms with Crippen LogP contribution < -0.4 is 10.6 Å². The van der Waals surface area contributed by atoms with Gasteiger partial charge in [0.1, 0.15) is 5.52 Å². The van der Waals surface area contributed by atoms with E-state index in [9.17, 15) is 8.78 Å². The van der Waals surface area contributed by atoms with Gasteiger partial charge in [0.25, 0.3) is 6.43 Å². The summed E-state index contributed by atoms with van der Waals surface area (Å²) in [5.74, 6) is 0.492. The Labute approximate surface area is 122 Å². The van der Waals surface area contributed by atoms with Gasteiger partial charge in [0.2, 0.25) is 0 Å². The molecule has 2 aromatic rings. The predicted molar refractivity (Wildman–Crippen MR) is 79.0 cm³/mol. The van der Waals surface area contributed by atoms with Crippen LogP contribution >= 0.6 is 0 Å². The maximum Gasteiger partial charge on any atom is 0.255 e. The van der Waals surface area contributed by atoms with Gasteiger partial charge in [0, 0.05) is 30.9 Å². The second kappa shape index (κ2) is 5.93. The molecule has 7 heteroatoms. The Balaban J connectivity index is 2.49. The van der Waals surface area contributed by atoms with Crippen molar-refractivity contribution in [2.45, 2.75) is 32.6 Å². The third-order valence-electron chi connectivity index (χ3n) is 3.19. The summed E-state index contributed by atoms with van der Waals surface area (Å²) in [6.45, 7) is 6.39. The molecule has 0 aliphatic carbocycles. The Kier molecular flexibility index (Phi) is 4.41. The van der Waals surface area contributed by atoms with E-state index >= 15 is 0 Å². The van der Waals surface area contributed by atoms with Crippen LogP contribution in [0.1, 0.15) is 26.5 Å². The second-order valence-corrected chi connectivity index (χ2v) is 5.99. The van der Waals surface area contributed by atoms with E-state index in [0.29, 0.717) is 12.4 Å². The average molecular weight is 297 g/mol. The summed E-state index contributed by atoms with van der Waals surface area (Å²) in [7, 11) is 0. The van der Waals surface area contributed by atoms with Gasteiger partial charge in [0.05, 0.1) is 12.2 Å². The smallest absolute Gasteiger partial charge is 0.255 e. The molecule has 0 fully saturated rings. The van der Waals surface area contributed by atoms with Crippen molar-refractivity contribution in [1.29, 1.82) is 0 Å². The number of halogens is 2. The lowest BCUT2D eigenvalue weighted by Gasteiger charge is -2.22. The number of aromatic nitrogens is 3.